The number of methoxy groups -OCH3 is 1. The van der Waals surface area contributed by atoms with Crippen molar-refractivity contribution in [1.29, 1.82) is 0 Å². The molecule has 2 aromatic carbocycles. The van der Waals surface area contributed by atoms with Crippen LogP contribution in [0.1, 0.15) is 28.7 Å². The fourth-order valence-corrected chi connectivity index (χ4v) is 2.85. The van der Waals surface area contributed by atoms with Crippen LogP contribution in [0.4, 0.5) is 0 Å². The third kappa shape index (κ3) is 4.84. The topological polar surface area (TPSA) is 64.8 Å². The Hall–Kier alpha value is -2.99. The van der Waals surface area contributed by atoms with E-state index < -0.39 is 0 Å². The summed E-state index contributed by atoms with van der Waals surface area (Å²) < 4.78 is 16.2. The molecule has 0 spiro atoms. The standard InChI is InChI=1S/C21H21ClN2O4/c1-3-24(13-15-7-5-4-6-8-15)21(25)18-12-17(28-23-18)14-27-19-10-9-16(22)11-20(19)26-2/h4-12H,3,13-14H2,1-2H3. The molecule has 146 valence electrons. The molecule has 28 heavy (non-hydrogen) atoms. The summed E-state index contributed by atoms with van der Waals surface area (Å²) in [5, 5.41) is 4.45. The number of carbonyl (C=O) groups excluding carboxylic acids is 1. The average Bonchev–Trinajstić information content (AvgIpc) is 3.20. The monoisotopic (exact) mass is 400 g/mol. The summed E-state index contributed by atoms with van der Waals surface area (Å²) in [7, 11) is 1.54. The lowest BCUT2D eigenvalue weighted by atomic mass is 10.2. The van der Waals surface area contributed by atoms with Gasteiger partial charge in [-0.15, -0.1) is 0 Å². The van der Waals surface area contributed by atoms with Crippen LogP contribution in [-0.4, -0.2) is 29.6 Å². The van der Waals surface area contributed by atoms with Crippen molar-refractivity contribution in [2.75, 3.05) is 13.7 Å². The molecule has 0 saturated carbocycles. The van der Waals surface area contributed by atoms with Crippen molar-refractivity contribution in [3.05, 3.63) is 76.6 Å². The minimum absolute atomic E-state index is 0.114. The van der Waals surface area contributed by atoms with E-state index in [0.717, 1.165) is 5.56 Å². The van der Waals surface area contributed by atoms with Gasteiger partial charge in [0.15, 0.2) is 23.0 Å². The minimum atomic E-state index is -0.189. The van der Waals surface area contributed by atoms with Crippen LogP contribution in [0, 0.1) is 0 Å². The fourth-order valence-electron chi connectivity index (χ4n) is 2.68. The molecular weight excluding hydrogens is 380 g/mol. The van der Waals surface area contributed by atoms with E-state index in [1.165, 1.54) is 7.11 Å². The highest BCUT2D eigenvalue weighted by atomic mass is 35.5. The van der Waals surface area contributed by atoms with Crippen molar-refractivity contribution in [2.45, 2.75) is 20.1 Å². The molecule has 3 rings (SSSR count). The summed E-state index contributed by atoms with van der Waals surface area (Å²) in [6.07, 6.45) is 0. The summed E-state index contributed by atoms with van der Waals surface area (Å²) in [5.41, 5.74) is 1.30. The van der Waals surface area contributed by atoms with Crippen molar-refractivity contribution in [1.82, 2.24) is 10.1 Å². The number of halogens is 1. The second-order valence-electron chi connectivity index (χ2n) is 6.07. The Bertz CT molecular complexity index is 927. The zero-order valence-corrected chi connectivity index (χ0v) is 16.5. The first kappa shape index (κ1) is 19.8. The lowest BCUT2D eigenvalue weighted by Gasteiger charge is -2.19. The molecule has 1 heterocycles. The number of hydrogen-bond donors (Lipinski definition) is 0. The van der Waals surface area contributed by atoms with Gasteiger partial charge in [-0.2, -0.15) is 0 Å². The van der Waals surface area contributed by atoms with Crippen molar-refractivity contribution >= 4 is 17.5 Å². The van der Waals surface area contributed by atoms with Gasteiger partial charge in [0.2, 0.25) is 0 Å². The van der Waals surface area contributed by atoms with E-state index in [4.69, 9.17) is 25.6 Å². The molecule has 0 aliphatic heterocycles. The second-order valence-corrected chi connectivity index (χ2v) is 6.50. The van der Waals surface area contributed by atoms with Gasteiger partial charge in [0.05, 0.1) is 7.11 Å². The highest BCUT2D eigenvalue weighted by molar-refractivity contribution is 6.30. The van der Waals surface area contributed by atoms with Gasteiger partial charge >= 0.3 is 0 Å². The van der Waals surface area contributed by atoms with E-state index in [2.05, 4.69) is 5.16 Å². The molecule has 3 aromatic rings. The number of rotatable bonds is 8. The molecule has 0 unspecified atom stereocenters. The van der Waals surface area contributed by atoms with E-state index in [0.29, 0.717) is 35.4 Å². The van der Waals surface area contributed by atoms with Crippen LogP contribution in [0.2, 0.25) is 5.02 Å². The maximum absolute atomic E-state index is 12.7. The quantitative estimate of drug-likeness (QED) is 0.553. The molecule has 1 amide bonds. The zero-order valence-electron chi connectivity index (χ0n) is 15.7. The van der Waals surface area contributed by atoms with Gasteiger partial charge in [0, 0.05) is 30.2 Å². The smallest absolute Gasteiger partial charge is 0.276 e. The minimum Gasteiger partial charge on any atom is -0.493 e. The number of carbonyl (C=O) groups is 1. The first-order chi connectivity index (χ1) is 13.6. The molecule has 0 bridgehead atoms. The van der Waals surface area contributed by atoms with Crippen molar-refractivity contribution < 1.29 is 18.8 Å². The molecule has 0 aliphatic rings. The molecular formula is C21H21ClN2O4. The van der Waals surface area contributed by atoms with Gasteiger partial charge in [-0.25, -0.2) is 0 Å². The molecule has 0 saturated heterocycles. The number of nitrogens with zero attached hydrogens (tertiary/aromatic N) is 2. The summed E-state index contributed by atoms with van der Waals surface area (Å²) in [6, 6.07) is 16.5. The predicted molar refractivity (Wildman–Crippen MR) is 106 cm³/mol. The molecule has 0 atom stereocenters. The van der Waals surface area contributed by atoms with E-state index in [1.807, 2.05) is 37.3 Å². The zero-order chi connectivity index (χ0) is 19.9. The average molecular weight is 401 g/mol. The van der Waals surface area contributed by atoms with E-state index >= 15 is 0 Å². The van der Waals surface area contributed by atoms with Crippen LogP contribution in [0.5, 0.6) is 11.5 Å². The maximum Gasteiger partial charge on any atom is 0.276 e. The molecule has 7 heteroatoms. The SMILES string of the molecule is CCN(Cc1ccccc1)C(=O)c1cc(COc2ccc(Cl)cc2OC)on1. The van der Waals surface area contributed by atoms with E-state index in [-0.39, 0.29) is 18.2 Å². The molecule has 0 fully saturated rings. The van der Waals surface area contributed by atoms with Gasteiger partial charge in [-0.3, -0.25) is 4.79 Å². The van der Waals surface area contributed by atoms with Crippen molar-refractivity contribution in [3.8, 4) is 11.5 Å². The van der Waals surface area contributed by atoms with Crippen molar-refractivity contribution in [2.24, 2.45) is 0 Å². The number of amides is 1. The van der Waals surface area contributed by atoms with Gasteiger partial charge < -0.3 is 18.9 Å². The van der Waals surface area contributed by atoms with Crippen molar-refractivity contribution in [3.63, 3.8) is 0 Å². The van der Waals surface area contributed by atoms with E-state index in [9.17, 15) is 4.79 Å². The second kappa shape index (κ2) is 9.28. The number of aromatic nitrogens is 1. The molecule has 0 radical (unpaired) electrons. The fraction of sp³-hybridized carbons (Fsp3) is 0.238. The van der Waals surface area contributed by atoms with E-state index in [1.54, 1.807) is 29.2 Å². The van der Waals surface area contributed by atoms with Gasteiger partial charge in [-0.1, -0.05) is 47.1 Å². The Balaban J connectivity index is 1.65. The first-order valence-electron chi connectivity index (χ1n) is 8.85. The number of benzene rings is 2. The summed E-state index contributed by atoms with van der Waals surface area (Å²) in [5.74, 6) is 1.29. The summed E-state index contributed by atoms with van der Waals surface area (Å²) in [4.78, 5) is 14.4. The normalized spacial score (nSPS) is 10.5. The highest BCUT2D eigenvalue weighted by Gasteiger charge is 2.19. The largest absolute Gasteiger partial charge is 0.493 e. The Morgan fingerprint density at radius 1 is 1.14 bits per heavy atom. The lowest BCUT2D eigenvalue weighted by Crippen LogP contribution is -2.30. The van der Waals surface area contributed by atoms with Crippen LogP contribution in [0.3, 0.4) is 0 Å². The van der Waals surface area contributed by atoms with Crippen LogP contribution >= 0.6 is 11.6 Å². The lowest BCUT2D eigenvalue weighted by molar-refractivity contribution is 0.0742. The molecule has 0 aliphatic carbocycles. The first-order valence-corrected chi connectivity index (χ1v) is 9.23. The van der Waals surface area contributed by atoms with Crippen LogP contribution in [0.15, 0.2) is 59.1 Å². The highest BCUT2D eigenvalue weighted by Crippen LogP contribution is 2.30. The number of hydrogen-bond acceptors (Lipinski definition) is 5. The summed E-state index contributed by atoms with van der Waals surface area (Å²) in [6.45, 7) is 3.12. The Morgan fingerprint density at radius 2 is 1.93 bits per heavy atom. The Morgan fingerprint density at radius 3 is 2.64 bits per heavy atom. The van der Waals surface area contributed by atoms with Gasteiger partial charge in [0.25, 0.3) is 5.91 Å². The third-order valence-corrected chi connectivity index (χ3v) is 4.39. The van der Waals surface area contributed by atoms with Gasteiger partial charge in [0.1, 0.15) is 6.61 Å². The predicted octanol–water partition coefficient (Wildman–Crippen LogP) is 4.58. The Labute approximate surface area is 168 Å². The maximum atomic E-state index is 12.7. The van der Waals surface area contributed by atoms with Crippen LogP contribution < -0.4 is 9.47 Å². The molecule has 0 N–H and O–H groups in total. The number of ether oxygens (including phenoxy) is 2. The Kier molecular flexibility index (Phi) is 6.55. The van der Waals surface area contributed by atoms with Crippen LogP contribution in [0.25, 0.3) is 0 Å². The summed E-state index contributed by atoms with van der Waals surface area (Å²) >= 11 is 5.95. The molecule has 1 aromatic heterocycles. The van der Waals surface area contributed by atoms with Gasteiger partial charge in [-0.05, 0) is 24.6 Å². The van der Waals surface area contributed by atoms with Crippen LogP contribution in [-0.2, 0) is 13.2 Å². The third-order valence-electron chi connectivity index (χ3n) is 4.16. The molecule has 6 nitrogen and oxygen atoms in total.